The summed E-state index contributed by atoms with van der Waals surface area (Å²) in [6.07, 6.45) is -0.356. The molecule has 1 rings (SSSR count). The van der Waals surface area contributed by atoms with Crippen LogP contribution in [-0.2, 0) is 11.3 Å². The molecule has 0 saturated heterocycles. The van der Waals surface area contributed by atoms with Crippen molar-refractivity contribution in [2.24, 2.45) is 5.92 Å². The van der Waals surface area contributed by atoms with Gasteiger partial charge in [0.15, 0.2) is 0 Å². The van der Waals surface area contributed by atoms with Crippen molar-refractivity contribution in [2.75, 3.05) is 0 Å². The number of carbonyl (C=O) groups excluding carboxylic acids is 1. The largest absolute Gasteiger partial charge is 0.445 e. The fourth-order valence-corrected chi connectivity index (χ4v) is 1.12. The molecule has 16 heavy (non-hydrogen) atoms. The predicted molar refractivity (Wildman–Crippen MR) is 64.1 cm³/mol. The fourth-order valence-electron chi connectivity index (χ4n) is 1.12. The molecule has 0 aliphatic rings. The maximum Gasteiger partial charge on any atom is 0.407 e. The lowest BCUT2D eigenvalue weighted by Crippen LogP contribution is -2.36. The molecule has 0 bridgehead atoms. The molecule has 0 radical (unpaired) electrons. The third kappa shape index (κ3) is 4.34. The number of hydrogen-bond acceptors (Lipinski definition) is 2. The zero-order valence-electron chi connectivity index (χ0n) is 10.1. The van der Waals surface area contributed by atoms with Gasteiger partial charge in [0.25, 0.3) is 0 Å². The molecule has 1 N–H and O–H groups in total. The van der Waals surface area contributed by atoms with Crippen molar-refractivity contribution in [2.45, 2.75) is 33.4 Å². The summed E-state index contributed by atoms with van der Waals surface area (Å²) in [7, 11) is 0. The second-order valence-electron chi connectivity index (χ2n) is 4.24. The smallest absolute Gasteiger partial charge is 0.407 e. The summed E-state index contributed by atoms with van der Waals surface area (Å²) in [6, 6.07) is 9.77. The van der Waals surface area contributed by atoms with Gasteiger partial charge in [-0.15, -0.1) is 0 Å². The van der Waals surface area contributed by atoms with Gasteiger partial charge >= 0.3 is 6.09 Å². The van der Waals surface area contributed by atoms with Gasteiger partial charge in [-0.05, 0) is 18.4 Å². The minimum absolute atomic E-state index is 0.128. The predicted octanol–water partition coefficient (Wildman–Crippen LogP) is 2.96. The summed E-state index contributed by atoms with van der Waals surface area (Å²) in [5.74, 6) is 0.407. The monoisotopic (exact) mass is 221 g/mol. The molecule has 3 heteroatoms. The van der Waals surface area contributed by atoms with Crippen LogP contribution in [0.3, 0.4) is 0 Å². The molecular formula is C13H19NO2. The van der Waals surface area contributed by atoms with Crippen LogP contribution in [0.5, 0.6) is 0 Å². The Hall–Kier alpha value is -1.51. The van der Waals surface area contributed by atoms with E-state index in [1.807, 2.05) is 37.3 Å². The molecule has 1 amide bonds. The SMILES string of the molecule is CC(C)[C@H](C)NC(=O)OCc1ccccc1. The maximum absolute atomic E-state index is 11.4. The Balaban J connectivity index is 2.31. The molecule has 0 fully saturated rings. The maximum atomic E-state index is 11.4. The summed E-state index contributed by atoms with van der Waals surface area (Å²) in [5, 5.41) is 2.79. The highest BCUT2D eigenvalue weighted by Crippen LogP contribution is 2.03. The molecule has 1 aromatic rings. The van der Waals surface area contributed by atoms with Crippen molar-refractivity contribution in [3.8, 4) is 0 Å². The van der Waals surface area contributed by atoms with Crippen LogP contribution in [0, 0.1) is 5.92 Å². The van der Waals surface area contributed by atoms with Crippen molar-refractivity contribution in [3.05, 3.63) is 35.9 Å². The average Bonchev–Trinajstić information content (AvgIpc) is 2.27. The number of ether oxygens (including phenoxy) is 1. The van der Waals surface area contributed by atoms with E-state index in [0.717, 1.165) is 5.56 Å². The quantitative estimate of drug-likeness (QED) is 0.848. The number of hydrogen-bond donors (Lipinski definition) is 1. The first kappa shape index (κ1) is 12.6. The van der Waals surface area contributed by atoms with Gasteiger partial charge in [-0.25, -0.2) is 4.79 Å². The van der Waals surface area contributed by atoms with Crippen molar-refractivity contribution in [1.82, 2.24) is 5.32 Å². The summed E-state index contributed by atoms with van der Waals surface area (Å²) >= 11 is 0. The number of amides is 1. The van der Waals surface area contributed by atoms with Crippen molar-refractivity contribution >= 4 is 6.09 Å². The van der Waals surface area contributed by atoms with Gasteiger partial charge in [-0.3, -0.25) is 0 Å². The third-order valence-electron chi connectivity index (χ3n) is 2.56. The lowest BCUT2D eigenvalue weighted by atomic mass is 10.1. The van der Waals surface area contributed by atoms with E-state index in [2.05, 4.69) is 19.2 Å². The lowest BCUT2D eigenvalue weighted by Gasteiger charge is -2.17. The van der Waals surface area contributed by atoms with E-state index >= 15 is 0 Å². The average molecular weight is 221 g/mol. The van der Waals surface area contributed by atoms with Gasteiger partial charge in [0, 0.05) is 6.04 Å². The first-order valence-corrected chi connectivity index (χ1v) is 5.57. The Kier molecular flexibility index (Phi) is 4.83. The number of carbonyl (C=O) groups is 1. The molecule has 0 unspecified atom stereocenters. The standard InChI is InChI=1S/C13H19NO2/c1-10(2)11(3)14-13(15)16-9-12-7-5-4-6-8-12/h4-8,10-11H,9H2,1-3H3,(H,14,15)/t11-/m0/s1. The highest BCUT2D eigenvalue weighted by molar-refractivity contribution is 5.67. The number of rotatable bonds is 4. The summed E-state index contributed by atoms with van der Waals surface area (Å²) in [5.41, 5.74) is 0.995. The molecule has 0 saturated carbocycles. The molecule has 0 aromatic heterocycles. The minimum Gasteiger partial charge on any atom is -0.445 e. The Labute approximate surface area is 96.8 Å². The Morgan fingerprint density at radius 3 is 2.44 bits per heavy atom. The number of alkyl carbamates (subject to hydrolysis) is 1. The van der Waals surface area contributed by atoms with Crippen LogP contribution in [-0.4, -0.2) is 12.1 Å². The highest BCUT2D eigenvalue weighted by atomic mass is 16.5. The van der Waals surface area contributed by atoms with E-state index in [4.69, 9.17) is 4.74 Å². The zero-order chi connectivity index (χ0) is 12.0. The van der Waals surface area contributed by atoms with E-state index in [9.17, 15) is 4.79 Å². The molecule has 0 aliphatic heterocycles. The van der Waals surface area contributed by atoms with Crippen LogP contribution in [0.4, 0.5) is 4.79 Å². The molecule has 1 atom stereocenters. The van der Waals surface area contributed by atoms with Gasteiger partial charge in [0.05, 0.1) is 0 Å². The van der Waals surface area contributed by atoms with E-state index in [1.54, 1.807) is 0 Å². The molecule has 88 valence electrons. The highest BCUT2D eigenvalue weighted by Gasteiger charge is 2.11. The molecule has 0 heterocycles. The Morgan fingerprint density at radius 2 is 1.88 bits per heavy atom. The van der Waals surface area contributed by atoms with Gasteiger partial charge in [-0.2, -0.15) is 0 Å². The van der Waals surface area contributed by atoms with E-state index in [-0.39, 0.29) is 12.1 Å². The summed E-state index contributed by atoms with van der Waals surface area (Å²) in [4.78, 5) is 11.4. The fraction of sp³-hybridized carbons (Fsp3) is 0.462. The zero-order valence-corrected chi connectivity index (χ0v) is 10.1. The molecule has 0 aliphatic carbocycles. The lowest BCUT2D eigenvalue weighted by molar-refractivity contribution is 0.134. The van der Waals surface area contributed by atoms with Crippen molar-refractivity contribution < 1.29 is 9.53 Å². The van der Waals surface area contributed by atoms with Crippen LogP contribution in [0.15, 0.2) is 30.3 Å². The third-order valence-corrected chi connectivity index (χ3v) is 2.56. The van der Waals surface area contributed by atoms with Gasteiger partial charge in [0.2, 0.25) is 0 Å². The molecule has 3 nitrogen and oxygen atoms in total. The summed E-state index contributed by atoms with van der Waals surface area (Å²) in [6.45, 7) is 6.40. The molecule has 0 spiro atoms. The topological polar surface area (TPSA) is 38.3 Å². The second-order valence-corrected chi connectivity index (χ2v) is 4.24. The van der Waals surface area contributed by atoms with Gasteiger partial charge in [-0.1, -0.05) is 44.2 Å². The first-order valence-electron chi connectivity index (χ1n) is 5.57. The van der Waals surface area contributed by atoms with E-state index in [1.165, 1.54) is 0 Å². The van der Waals surface area contributed by atoms with E-state index < -0.39 is 0 Å². The van der Waals surface area contributed by atoms with Crippen LogP contribution in [0.1, 0.15) is 26.3 Å². The van der Waals surface area contributed by atoms with E-state index in [0.29, 0.717) is 12.5 Å². The molecule has 1 aromatic carbocycles. The van der Waals surface area contributed by atoms with Crippen LogP contribution in [0.2, 0.25) is 0 Å². The first-order chi connectivity index (χ1) is 7.59. The van der Waals surface area contributed by atoms with Crippen molar-refractivity contribution in [1.29, 1.82) is 0 Å². The molecular weight excluding hydrogens is 202 g/mol. The Morgan fingerprint density at radius 1 is 1.25 bits per heavy atom. The normalized spacial score (nSPS) is 12.2. The number of benzene rings is 1. The minimum atomic E-state index is -0.356. The van der Waals surface area contributed by atoms with Crippen molar-refractivity contribution in [3.63, 3.8) is 0 Å². The summed E-state index contributed by atoms with van der Waals surface area (Å²) < 4.78 is 5.10. The van der Waals surface area contributed by atoms with Gasteiger partial charge in [0.1, 0.15) is 6.61 Å². The van der Waals surface area contributed by atoms with Crippen LogP contribution in [0.25, 0.3) is 0 Å². The Bertz CT molecular complexity index is 322. The van der Waals surface area contributed by atoms with Crippen LogP contribution >= 0.6 is 0 Å². The second kappa shape index (κ2) is 6.16. The number of nitrogens with one attached hydrogen (secondary N) is 1. The van der Waals surface area contributed by atoms with Gasteiger partial charge < -0.3 is 10.1 Å². The van der Waals surface area contributed by atoms with Crippen LogP contribution < -0.4 is 5.32 Å².